The van der Waals surface area contributed by atoms with Gasteiger partial charge in [0.2, 0.25) is 0 Å². The zero-order valence-electron chi connectivity index (χ0n) is 13.7. The second-order valence-corrected chi connectivity index (χ2v) is 6.10. The van der Waals surface area contributed by atoms with Gasteiger partial charge in [-0.05, 0) is 62.1 Å². The molecule has 0 unspecified atom stereocenters. The van der Waals surface area contributed by atoms with Crippen LogP contribution in [0.4, 0.5) is 0 Å². The van der Waals surface area contributed by atoms with E-state index >= 15 is 0 Å². The van der Waals surface area contributed by atoms with E-state index in [1.165, 1.54) is 0 Å². The molecule has 4 nitrogen and oxygen atoms in total. The first kappa shape index (κ1) is 16.0. The van der Waals surface area contributed by atoms with E-state index in [0.29, 0.717) is 5.92 Å². The minimum atomic E-state index is -0.555. The lowest BCUT2D eigenvalue weighted by atomic mass is 9.86. The summed E-state index contributed by atoms with van der Waals surface area (Å²) >= 11 is 0. The molecule has 0 radical (unpaired) electrons. The van der Waals surface area contributed by atoms with Crippen LogP contribution in [-0.2, 0) is 0 Å². The van der Waals surface area contributed by atoms with Gasteiger partial charge in [-0.1, -0.05) is 12.2 Å². The Morgan fingerprint density at radius 1 is 1.39 bits per heavy atom. The smallest absolute Gasteiger partial charge is 0.119 e. The quantitative estimate of drug-likeness (QED) is 0.851. The Hall–Kier alpha value is -1.91. The van der Waals surface area contributed by atoms with Gasteiger partial charge in [-0.15, -0.1) is 0 Å². The lowest BCUT2D eigenvalue weighted by Crippen LogP contribution is -2.41. The number of aliphatic hydroxyl groups excluding tert-OH is 1. The Bertz CT molecular complexity index is 699. The number of rotatable bonds is 4. The maximum absolute atomic E-state index is 10.9. The number of aromatic nitrogens is 1. The molecule has 0 spiro atoms. The van der Waals surface area contributed by atoms with Crippen LogP contribution in [0, 0.1) is 5.92 Å². The molecular formula is C19H24N2O2. The van der Waals surface area contributed by atoms with Crippen LogP contribution in [-0.4, -0.2) is 29.8 Å². The Morgan fingerprint density at radius 3 is 3.04 bits per heavy atom. The van der Waals surface area contributed by atoms with Gasteiger partial charge in [0.15, 0.2) is 0 Å². The average Bonchev–Trinajstić information content (AvgIpc) is 2.60. The van der Waals surface area contributed by atoms with Crippen molar-refractivity contribution in [3.8, 4) is 5.75 Å². The van der Waals surface area contributed by atoms with Crippen LogP contribution in [0.2, 0.25) is 0 Å². The summed E-state index contributed by atoms with van der Waals surface area (Å²) in [5.74, 6) is 1.31. The summed E-state index contributed by atoms with van der Waals surface area (Å²) < 4.78 is 5.32. The summed E-state index contributed by atoms with van der Waals surface area (Å²) in [6.07, 6.45) is 7.62. The van der Waals surface area contributed by atoms with Crippen molar-refractivity contribution in [1.29, 1.82) is 0 Å². The van der Waals surface area contributed by atoms with E-state index in [4.69, 9.17) is 4.74 Å². The first-order valence-electron chi connectivity index (χ1n) is 8.20. The second kappa shape index (κ2) is 7.11. The number of pyridine rings is 1. The van der Waals surface area contributed by atoms with Gasteiger partial charge in [0.1, 0.15) is 5.75 Å². The maximum atomic E-state index is 10.9. The largest absolute Gasteiger partial charge is 0.497 e. The molecule has 4 heteroatoms. The molecule has 122 valence electrons. The summed E-state index contributed by atoms with van der Waals surface area (Å²) in [5.41, 5.74) is 1.79. The zero-order chi connectivity index (χ0) is 16.2. The molecule has 1 aromatic heterocycles. The Morgan fingerprint density at radius 2 is 2.26 bits per heavy atom. The van der Waals surface area contributed by atoms with Gasteiger partial charge in [-0.2, -0.15) is 0 Å². The molecule has 2 heterocycles. The molecule has 23 heavy (non-hydrogen) atoms. The molecular weight excluding hydrogens is 288 g/mol. The van der Waals surface area contributed by atoms with Crippen LogP contribution in [0.1, 0.15) is 31.4 Å². The van der Waals surface area contributed by atoms with Crippen LogP contribution in [0.5, 0.6) is 5.75 Å². The molecule has 3 atom stereocenters. The van der Waals surface area contributed by atoms with Crippen LogP contribution in [0.15, 0.2) is 42.6 Å². The molecule has 1 aliphatic rings. The van der Waals surface area contributed by atoms with Crippen molar-refractivity contribution >= 4 is 10.9 Å². The first-order valence-corrected chi connectivity index (χ1v) is 8.20. The number of ether oxygens (including phenoxy) is 1. The molecule has 1 saturated heterocycles. The number of allylic oxidation sites excluding steroid dienone is 2. The normalized spacial score (nSPS) is 23.3. The number of fused-ring (bicyclic) bond motifs is 1. The van der Waals surface area contributed by atoms with Crippen molar-refractivity contribution < 1.29 is 9.84 Å². The second-order valence-electron chi connectivity index (χ2n) is 6.10. The summed E-state index contributed by atoms with van der Waals surface area (Å²) in [7, 11) is 1.65. The molecule has 1 aromatic carbocycles. The van der Waals surface area contributed by atoms with E-state index in [2.05, 4.69) is 29.4 Å². The molecule has 0 amide bonds. The fraction of sp³-hybridized carbons (Fsp3) is 0.421. The van der Waals surface area contributed by atoms with E-state index in [-0.39, 0.29) is 6.04 Å². The molecule has 0 aliphatic carbocycles. The Kier molecular flexibility index (Phi) is 4.94. The number of hydrogen-bond donors (Lipinski definition) is 2. The van der Waals surface area contributed by atoms with Gasteiger partial charge < -0.3 is 15.2 Å². The van der Waals surface area contributed by atoms with Crippen LogP contribution in [0.3, 0.4) is 0 Å². The fourth-order valence-corrected chi connectivity index (χ4v) is 3.42. The lowest BCUT2D eigenvalue weighted by Gasteiger charge is -2.32. The monoisotopic (exact) mass is 312 g/mol. The molecule has 1 aliphatic heterocycles. The third kappa shape index (κ3) is 3.38. The number of nitrogens with zero attached hydrogens (tertiary/aromatic N) is 1. The fourth-order valence-electron chi connectivity index (χ4n) is 3.42. The number of methoxy groups -OCH3 is 1. The van der Waals surface area contributed by atoms with Gasteiger partial charge in [-0.3, -0.25) is 4.98 Å². The molecule has 2 aromatic rings. The van der Waals surface area contributed by atoms with E-state index in [1.807, 2.05) is 24.3 Å². The number of aliphatic hydroxyl groups is 1. The third-order valence-corrected chi connectivity index (χ3v) is 4.63. The van der Waals surface area contributed by atoms with Crippen molar-refractivity contribution in [2.45, 2.75) is 31.9 Å². The summed E-state index contributed by atoms with van der Waals surface area (Å²) in [5, 5.41) is 15.4. The molecule has 2 N–H and O–H groups in total. The highest BCUT2D eigenvalue weighted by atomic mass is 16.5. The minimum absolute atomic E-state index is 0.0572. The Balaban J connectivity index is 1.92. The van der Waals surface area contributed by atoms with Gasteiger partial charge in [0.05, 0.1) is 18.7 Å². The highest BCUT2D eigenvalue weighted by Crippen LogP contribution is 2.32. The number of benzene rings is 1. The van der Waals surface area contributed by atoms with Gasteiger partial charge >= 0.3 is 0 Å². The first-order chi connectivity index (χ1) is 11.2. The lowest BCUT2D eigenvalue weighted by molar-refractivity contribution is 0.106. The highest BCUT2D eigenvalue weighted by Gasteiger charge is 2.27. The molecule has 0 bridgehead atoms. The van der Waals surface area contributed by atoms with Gasteiger partial charge in [-0.25, -0.2) is 0 Å². The molecule has 0 saturated carbocycles. The summed E-state index contributed by atoms with van der Waals surface area (Å²) in [6.45, 7) is 2.99. The van der Waals surface area contributed by atoms with Crippen LogP contribution < -0.4 is 10.1 Å². The SMILES string of the molecule is C/C=C/[C@H]1CCN[C@H]([C@H](O)c2ccnc3ccc(OC)cc23)C1. The van der Waals surface area contributed by atoms with Crippen molar-refractivity contribution in [1.82, 2.24) is 10.3 Å². The van der Waals surface area contributed by atoms with Crippen LogP contribution in [0.25, 0.3) is 10.9 Å². The van der Waals surface area contributed by atoms with E-state index in [0.717, 1.165) is 41.6 Å². The predicted molar refractivity (Wildman–Crippen MR) is 92.6 cm³/mol. The van der Waals surface area contributed by atoms with Gasteiger partial charge in [0, 0.05) is 17.6 Å². The average molecular weight is 312 g/mol. The van der Waals surface area contributed by atoms with E-state index < -0.39 is 6.10 Å². The predicted octanol–water partition coefficient (Wildman–Crippen LogP) is 3.22. The zero-order valence-corrected chi connectivity index (χ0v) is 13.7. The van der Waals surface area contributed by atoms with Gasteiger partial charge in [0.25, 0.3) is 0 Å². The van der Waals surface area contributed by atoms with Crippen molar-refractivity contribution in [3.05, 3.63) is 48.2 Å². The minimum Gasteiger partial charge on any atom is -0.497 e. The molecule has 3 rings (SSSR count). The van der Waals surface area contributed by atoms with E-state index in [9.17, 15) is 5.11 Å². The molecule has 1 fully saturated rings. The summed E-state index contributed by atoms with van der Waals surface area (Å²) in [4.78, 5) is 4.39. The number of hydrogen-bond acceptors (Lipinski definition) is 4. The number of nitrogens with one attached hydrogen (secondary N) is 1. The summed E-state index contributed by atoms with van der Waals surface area (Å²) in [6, 6.07) is 7.75. The number of piperidine rings is 1. The topological polar surface area (TPSA) is 54.4 Å². The van der Waals surface area contributed by atoms with Crippen molar-refractivity contribution in [2.24, 2.45) is 5.92 Å². The standard InChI is InChI=1S/C19H24N2O2/c1-3-4-13-7-9-21-18(11-13)19(22)15-8-10-20-17-6-5-14(23-2)12-16(15)17/h3-6,8,10,12-13,18-19,21-22H,7,9,11H2,1-2H3/b4-3+/t13-,18-,19+/m0/s1. The maximum Gasteiger partial charge on any atom is 0.119 e. The highest BCUT2D eigenvalue weighted by molar-refractivity contribution is 5.83. The van der Waals surface area contributed by atoms with Crippen molar-refractivity contribution in [2.75, 3.05) is 13.7 Å². The van der Waals surface area contributed by atoms with Crippen molar-refractivity contribution in [3.63, 3.8) is 0 Å². The van der Waals surface area contributed by atoms with E-state index in [1.54, 1.807) is 13.3 Å². The Labute approximate surface area is 137 Å². The van der Waals surface area contributed by atoms with Crippen LogP contribution >= 0.6 is 0 Å². The third-order valence-electron chi connectivity index (χ3n) is 4.63.